The van der Waals surface area contributed by atoms with Gasteiger partial charge in [0.15, 0.2) is 0 Å². The third-order valence-corrected chi connectivity index (χ3v) is 3.29. The van der Waals surface area contributed by atoms with E-state index in [4.69, 9.17) is 10.8 Å². The van der Waals surface area contributed by atoms with Crippen LogP contribution in [0.4, 0.5) is 0 Å². The SMILES string of the molecule is CC1CC(NC(=O)C(N)CC(=O)O)CCN1C. The van der Waals surface area contributed by atoms with E-state index in [1.165, 1.54) is 0 Å². The number of aliphatic carboxylic acids is 1. The highest BCUT2D eigenvalue weighted by molar-refractivity contribution is 5.86. The van der Waals surface area contributed by atoms with Crippen LogP contribution in [0.3, 0.4) is 0 Å². The van der Waals surface area contributed by atoms with Crippen molar-refractivity contribution in [1.82, 2.24) is 10.2 Å². The van der Waals surface area contributed by atoms with Crippen molar-refractivity contribution in [3.63, 3.8) is 0 Å². The molecule has 17 heavy (non-hydrogen) atoms. The van der Waals surface area contributed by atoms with Gasteiger partial charge in [0.05, 0.1) is 12.5 Å². The van der Waals surface area contributed by atoms with E-state index in [9.17, 15) is 9.59 Å². The Bertz CT molecular complexity index is 296. The van der Waals surface area contributed by atoms with Gasteiger partial charge in [0, 0.05) is 18.6 Å². The molecule has 98 valence electrons. The fraction of sp³-hybridized carbons (Fsp3) is 0.818. The molecule has 0 aromatic rings. The second-order valence-corrected chi connectivity index (χ2v) is 4.76. The van der Waals surface area contributed by atoms with Crippen LogP contribution in [-0.4, -0.2) is 53.6 Å². The summed E-state index contributed by atoms with van der Waals surface area (Å²) in [5.41, 5.74) is 5.49. The molecule has 3 unspecified atom stereocenters. The lowest BCUT2D eigenvalue weighted by atomic mass is 9.98. The average molecular weight is 243 g/mol. The Labute approximate surface area is 101 Å². The van der Waals surface area contributed by atoms with Crippen molar-refractivity contribution < 1.29 is 14.7 Å². The Morgan fingerprint density at radius 1 is 1.59 bits per heavy atom. The summed E-state index contributed by atoms with van der Waals surface area (Å²) in [4.78, 5) is 24.3. The second kappa shape index (κ2) is 5.97. The predicted molar refractivity (Wildman–Crippen MR) is 63.5 cm³/mol. The minimum Gasteiger partial charge on any atom is -0.481 e. The molecule has 3 atom stereocenters. The van der Waals surface area contributed by atoms with Crippen molar-refractivity contribution in [1.29, 1.82) is 0 Å². The Hall–Kier alpha value is -1.14. The van der Waals surface area contributed by atoms with Crippen LogP contribution in [0.5, 0.6) is 0 Å². The molecule has 6 heteroatoms. The van der Waals surface area contributed by atoms with Gasteiger partial charge >= 0.3 is 5.97 Å². The van der Waals surface area contributed by atoms with Gasteiger partial charge in [-0.15, -0.1) is 0 Å². The van der Waals surface area contributed by atoms with Crippen LogP contribution >= 0.6 is 0 Å². The Morgan fingerprint density at radius 2 is 2.24 bits per heavy atom. The molecule has 0 saturated carbocycles. The van der Waals surface area contributed by atoms with Crippen molar-refractivity contribution >= 4 is 11.9 Å². The van der Waals surface area contributed by atoms with Crippen LogP contribution in [-0.2, 0) is 9.59 Å². The van der Waals surface area contributed by atoms with Crippen LogP contribution in [0.1, 0.15) is 26.2 Å². The van der Waals surface area contributed by atoms with E-state index in [0.29, 0.717) is 6.04 Å². The molecule has 0 bridgehead atoms. The molecule has 6 nitrogen and oxygen atoms in total. The molecule has 1 amide bonds. The molecule has 1 aliphatic heterocycles. The van der Waals surface area contributed by atoms with Crippen molar-refractivity contribution in [3.05, 3.63) is 0 Å². The number of carbonyl (C=O) groups excluding carboxylic acids is 1. The highest BCUT2D eigenvalue weighted by Crippen LogP contribution is 2.15. The van der Waals surface area contributed by atoms with E-state index < -0.39 is 12.0 Å². The van der Waals surface area contributed by atoms with Crippen molar-refractivity contribution in [3.8, 4) is 0 Å². The van der Waals surface area contributed by atoms with Crippen LogP contribution < -0.4 is 11.1 Å². The Morgan fingerprint density at radius 3 is 2.76 bits per heavy atom. The van der Waals surface area contributed by atoms with Gasteiger partial charge in [0.2, 0.25) is 5.91 Å². The molecule has 0 spiro atoms. The molecular formula is C11H21N3O3. The highest BCUT2D eigenvalue weighted by Gasteiger charge is 2.26. The number of nitrogens with two attached hydrogens (primary N) is 1. The third-order valence-electron chi connectivity index (χ3n) is 3.29. The summed E-state index contributed by atoms with van der Waals surface area (Å²) >= 11 is 0. The minimum atomic E-state index is -1.05. The lowest BCUT2D eigenvalue weighted by molar-refractivity contribution is -0.139. The number of nitrogens with zero attached hydrogens (tertiary/aromatic N) is 1. The topological polar surface area (TPSA) is 95.7 Å². The number of carboxylic acids is 1. The monoisotopic (exact) mass is 243 g/mol. The predicted octanol–water partition coefficient (Wildman–Crippen LogP) is -0.613. The first-order chi connectivity index (χ1) is 7.90. The molecule has 1 aliphatic rings. The fourth-order valence-corrected chi connectivity index (χ4v) is 2.01. The summed E-state index contributed by atoms with van der Waals surface area (Å²) in [7, 11) is 2.05. The van der Waals surface area contributed by atoms with E-state index in [0.717, 1.165) is 19.4 Å². The van der Waals surface area contributed by atoms with Gasteiger partial charge in [-0.05, 0) is 26.8 Å². The summed E-state index contributed by atoms with van der Waals surface area (Å²) in [6.45, 7) is 3.04. The lowest BCUT2D eigenvalue weighted by Crippen LogP contribution is -2.51. The van der Waals surface area contributed by atoms with E-state index >= 15 is 0 Å². The number of nitrogens with one attached hydrogen (secondary N) is 1. The van der Waals surface area contributed by atoms with Crippen molar-refractivity contribution in [2.45, 2.75) is 44.3 Å². The molecule has 1 rings (SSSR count). The van der Waals surface area contributed by atoms with Crippen LogP contribution in [0, 0.1) is 0 Å². The molecule has 4 N–H and O–H groups in total. The number of hydrogen-bond donors (Lipinski definition) is 3. The van der Waals surface area contributed by atoms with Gasteiger partial charge < -0.3 is 21.1 Å². The van der Waals surface area contributed by atoms with Crippen LogP contribution in [0.2, 0.25) is 0 Å². The number of piperidine rings is 1. The number of rotatable bonds is 4. The molecule has 0 aliphatic carbocycles. The summed E-state index contributed by atoms with van der Waals surface area (Å²) < 4.78 is 0. The van der Waals surface area contributed by atoms with Gasteiger partial charge in [0.25, 0.3) is 0 Å². The lowest BCUT2D eigenvalue weighted by Gasteiger charge is -2.35. The van der Waals surface area contributed by atoms with E-state index in [-0.39, 0.29) is 18.4 Å². The van der Waals surface area contributed by atoms with Gasteiger partial charge in [-0.1, -0.05) is 0 Å². The maximum absolute atomic E-state index is 11.6. The van der Waals surface area contributed by atoms with E-state index in [1.54, 1.807) is 0 Å². The van der Waals surface area contributed by atoms with Crippen molar-refractivity contribution in [2.24, 2.45) is 5.73 Å². The summed E-state index contributed by atoms with van der Waals surface area (Å²) in [6, 6.07) is -0.430. The van der Waals surface area contributed by atoms with E-state index in [2.05, 4.69) is 24.2 Å². The molecule has 0 aromatic heterocycles. The average Bonchev–Trinajstić information content (AvgIpc) is 2.22. The largest absolute Gasteiger partial charge is 0.481 e. The molecule has 0 aromatic carbocycles. The highest BCUT2D eigenvalue weighted by atomic mass is 16.4. The maximum Gasteiger partial charge on any atom is 0.305 e. The number of amides is 1. The van der Waals surface area contributed by atoms with Crippen LogP contribution in [0.25, 0.3) is 0 Å². The summed E-state index contributed by atoms with van der Waals surface area (Å²) in [5, 5.41) is 11.4. The Balaban J connectivity index is 2.38. The van der Waals surface area contributed by atoms with Crippen LogP contribution in [0.15, 0.2) is 0 Å². The molecule has 0 radical (unpaired) electrons. The first kappa shape index (κ1) is 13.9. The third kappa shape index (κ3) is 4.32. The summed E-state index contributed by atoms with van der Waals surface area (Å²) in [5.74, 6) is -1.42. The van der Waals surface area contributed by atoms with Crippen molar-refractivity contribution in [2.75, 3.05) is 13.6 Å². The molecule has 1 heterocycles. The molecular weight excluding hydrogens is 222 g/mol. The Kier molecular flexibility index (Phi) is 4.89. The first-order valence-corrected chi connectivity index (χ1v) is 5.88. The normalized spacial score (nSPS) is 27.5. The van der Waals surface area contributed by atoms with Gasteiger partial charge in [0.1, 0.15) is 0 Å². The fourth-order valence-electron chi connectivity index (χ4n) is 2.01. The van der Waals surface area contributed by atoms with Gasteiger partial charge in [-0.25, -0.2) is 0 Å². The number of carbonyl (C=O) groups is 2. The number of likely N-dealkylation sites (tertiary alicyclic amines) is 1. The minimum absolute atomic E-state index is 0.105. The van der Waals surface area contributed by atoms with Gasteiger partial charge in [-0.2, -0.15) is 0 Å². The summed E-state index contributed by atoms with van der Waals surface area (Å²) in [6.07, 6.45) is 1.43. The van der Waals surface area contributed by atoms with Gasteiger partial charge in [-0.3, -0.25) is 9.59 Å². The number of carboxylic acid groups (broad SMARTS) is 1. The maximum atomic E-state index is 11.6. The smallest absolute Gasteiger partial charge is 0.305 e. The number of hydrogen-bond acceptors (Lipinski definition) is 4. The standard InChI is InChI=1S/C11H21N3O3/c1-7-5-8(3-4-14(7)2)13-11(17)9(12)6-10(15)16/h7-9H,3-6,12H2,1-2H3,(H,13,17)(H,15,16). The molecule has 1 saturated heterocycles. The molecule has 1 fully saturated rings. The quantitative estimate of drug-likeness (QED) is 0.612. The first-order valence-electron chi connectivity index (χ1n) is 5.88. The second-order valence-electron chi connectivity index (χ2n) is 4.76. The zero-order chi connectivity index (χ0) is 13.0. The zero-order valence-corrected chi connectivity index (χ0v) is 10.3. The zero-order valence-electron chi connectivity index (χ0n) is 10.3. The van der Waals surface area contributed by atoms with E-state index in [1.807, 2.05) is 0 Å².